The van der Waals surface area contributed by atoms with Crippen LogP contribution in [0.15, 0.2) is 30.3 Å². The van der Waals surface area contributed by atoms with Crippen molar-refractivity contribution in [3.05, 3.63) is 65.0 Å². The first kappa shape index (κ1) is 15.2. The SMILES string of the molecule is OC(CNc1cc(F)c(F)cc1F)c1ccc(F)c(F)c1. The van der Waals surface area contributed by atoms with Gasteiger partial charge in [0.2, 0.25) is 0 Å². The summed E-state index contributed by atoms with van der Waals surface area (Å²) in [6.07, 6.45) is -1.28. The lowest BCUT2D eigenvalue weighted by Gasteiger charge is -2.14. The van der Waals surface area contributed by atoms with E-state index < -0.39 is 35.2 Å². The average Bonchev–Trinajstić information content (AvgIpc) is 2.44. The third-order valence-electron chi connectivity index (χ3n) is 2.82. The first-order valence-electron chi connectivity index (χ1n) is 5.90. The minimum Gasteiger partial charge on any atom is -0.387 e. The van der Waals surface area contributed by atoms with Crippen molar-refractivity contribution in [2.75, 3.05) is 11.9 Å². The zero-order chi connectivity index (χ0) is 15.6. The molecule has 0 radical (unpaired) electrons. The van der Waals surface area contributed by atoms with Gasteiger partial charge in [0.15, 0.2) is 23.3 Å². The van der Waals surface area contributed by atoms with Crippen molar-refractivity contribution in [3.8, 4) is 0 Å². The molecule has 1 unspecified atom stereocenters. The second-order valence-electron chi connectivity index (χ2n) is 4.32. The first-order chi connectivity index (χ1) is 9.88. The van der Waals surface area contributed by atoms with Gasteiger partial charge in [0.1, 0.15) is 5.82 Å². The number of hydrogen-bond donors (Lipinski definition) is 2. The van der Waals surface area contributed by atoms with Crippen molar-refractivity contribution >= 4 is 5.69 Å². The molecular formula is C14H10F5NO. The Morgan fingerprint density at radius 2 is 1.43 bits per heavy atom. The standard InChI is InChI=1S/C14H10F5NO/c15-8-2-1-7(3-9(8)16)14(21)6-20-13-5-11(18)10(17)4-12(13)19/h1-5,14,20-21H,6H2. The number of nitrogens with one attached hydrogen (secondary N) is 1. The molecule has 2 nitrogen and oxygen atoms in total. The maximum Gasteiger partial charge on any atom is 0.161 e. The third-order valence-corrected chi connectivity index (χ3v) is 2.82. The first-order valence-corrected chi connectivity index (χ1v) is 5.90. The van der Waals surface area contributed by atoms with Gasteiger partial charge >= 0.3 is 0 Å². The zero-order valence-corrected chi connectivity index (χ0v) is 10.5. The highest BCUT2D eigenvalue weighted by molar-refractivity contribution is 5.45. The van der Waals surface area contributed by atoms with Crippen molar-refractivity contribution in [3.63, 3.8) is 0 Å². The van der Waals surface area contributed by atoms with Gasteiger partial charge in [-0.15, -0.1) is 0 Å². The highest BCUT2D eigenvalue weighted by atomic mass is 19.2. The van der Waals surface area contributed by atoms with Crippen LogP contribution in [0.5, 0.6) is 0 Å². The van der Waals surface area contributed by atoms with Gasteiger partial charge in [-0.2, -0.15) is 0 Å². The molecule has 0 spiro atoms. The number of anilines is 1. The Kier molecular flexibility index (Phi) is 4.42. The number of benzene rings is 2. The topological polar surface area (TPSA) is 32.3 Å². The van der Waals surface area contributed by atoms with E-state index in [1.54, 1.807) is 0 Å². The van der Waals surface area contributed by atoms with Gasteiger partial charge in [-0.25, -0.2) is 22.0 Å². The van der Waals surface area contributed by atoms with E-state index in [2.05, 4.69) is 5.32 Å². The summed E-state index contributed by atoms with van der Waals surface area (Å²) in [6.45, 7) is -0.299. The van der Waals surface area contributed by atoms with E-state index in [-0.39, 0.29) is 17.8 Å². The molecule has 7 heteroatoms. The van der Waals surface area contributed by atoms with Crippen LogP contribution in [0.1, 0.15) is 11.7 Å². The summed E-state index contributed by atoms with van der Waals surface area (Å²) in [5, 5.41) is 12.1. The Balaban J connectivity index is 2.08. The van der Waals surface area contributed by atoms with Gasteiger partial charge in [0, 0.05) is 18.7 Å². The van der Waals surface area contributed by atoms with Gasteiger partial charge in [-0.05, 0) is 17.7 Å². The van der Waals surface area contributed by atoms with Gasteiger partial charge in [-0.3, -0.25) is 0 Å². The van der Waals surface area contributed by atoms with Crippen LogP contribution in [-0.2, 0) is 0 Å². The van der Waals surface area contributed by atoms with Crippen LogP contribution in [0.3, 0.4) is 0 Å². The Bertz CT molecular complexity index is 662. The summed E-state index contributed by atoms with van der Waals surface area (Å²) in [5.41, 5.74) is -0.292. The van der Waals surface area contributed by atoms with Crippen molar-refractivity contribution in [2.24, 2.45) is 0 Å². The molecule has 0 heterocycles. The molecule has 1 atom stereocenters. The van der Waals surface area contributed by atoms with Crippen molar-refractivity contribution in [1.29, 1.82) is 0 Å². The van der Waals surface area contributed by atoms with Crippen LogP contribution in [0, 0.1) is 29.1 Å². The van der Waals surface area contributed by atoms with Gasteiger partial charge in [0.05, 0.1) is 11.8 Å². The highest BCUT2D eigenvalue weighted by Crippen LogP contribution is 2.21. The molecule has 2 aromatic carbocycles. The Morgan fingerprint density at radius 3 is 2.10 bits per heavy atom. The van der Waals surface area contributed by atoms with E-state index in [1.807, 2.05) is 0 Å². The molecule has 112 valence electrons. The monoisotopic (exact) mass is 303 g/mol. The van der Waals surface area contributed by atoms with Crippen LogP contribution in [0.25, 0.3) is 0 Å². The number of halogens is 5. The smallest absolute Gasteiger partial charge is 0.161 e. The predicted molar refractivity (Wildman–Crippen MR) is 66.1 cm³/mol. The summed E-state index contributed by atoms with van der Waals surface area (Å²) < 4.78 is 64.8. The largest absolute Gasteiger partial charge is 0.387 e. The lowest BCUT2D eigenvalue weighted by Crippen LogP contribution is -2.13. The van der Waals surface area contributed by atoms with Crippen LogP contribution in [-0.4, -0.2) is 11.7 Å². The molecule has 0 aliphatic heterocycles. The van der Waals surface area contributed by atoms with Crippen LogP contribution >= 0.6 is 0 Å². The Labute approximate surface area is 116 Å². The van der Waals surface area contributed by atoms with E-state index in [0.717, 1.165) is 18.2 Å². The zero-order valence-electron chi connectivity index (χ0n) is 10.5. The molecule has 0 aliphatic rings. The number of aliphatic hydroxyl groups is 1. The third kappa shape index (κ3) is 3.49. The van der Waals surface area contributed by atoms with Crippen LogP contribution in [0.2, 0.25) is 0 Å². The second-order valence-corrected chi connectivity index (χ2v) is 4.32. The molecule has 2 aromatic rings. The predicted octanol–water partition coefficient (Wildman–Crippen LogP) is 3.53. The molecular weight excluding hydrogens is 293 g/mol. The summed E-state index contributed by atoms with van der Waals surface area (Å²) in [5.74, 6) is -5.82. The van der Waals surface area contributed by atoms with Crippen molar-refractivity contribution < 1.29 is 27.1 Å². The molecule has 0 aromatic heterocycles. The fourth-order valence-electron chi connectivity index (χ4n) is 1.70. The average molecular weight is 303 g/mol. The number of hydrogen-bond acceptors (Lipinski definition) is 2. The summed E-state index contributed by atoms with van der Waals surface area (Å²) in [4.78, 5) is 0. The van der Waals surface area contributed by atoms with E-state index >= 15 is 0 Å². The molecule has 2 rings (SSSR count). The van der Waals surface area contributed by atoms with E-state index in [0.29, 0.717) is 12.1 Å². The van der Waals surface area contributed by atoms with E-state index in [9.17, 15) is 27.1 Å². The maximum atomic E-state index is 13.3. The Hall–Kier alpha value is -2.15. The quantitative estimate of drug-likeness (QED) is 0.669. The van der Waals surface area contributed by atoms with Gasteiger partial charge in [0.25, 0.3) is 0 Å². The molecule has 21 heavy (non-hydrogen) atoms. The maximum absolute atomic E-state index is 13.3. The molecule has 2 N–H and O–H groups in total. The van der Waals surface area contributed by atoms with Gasteiger partial charge in [-0.1, -0.05) is 6.07 Å². The minimum absolute atomic E-state index is 0.0596. The summed E-state index contributed by atoms with van der Waals surface area (Å²) in [6, 6.07) is 3.76. The molecule has 0 saturated heterocycles. The normalized spacial score (nSPS) is 12.3. The molecule has 0 bridgehead atoms. The number of rotatable bonds is 4. The van der Waals surface area contributed by atoms with Crippen LogP contribution < -0.4 is 5.32 Å². The summed E-state index contributed by atoms with van der Waals surface area (Å²) in [7, 11) is 0. The minimum atomic E-state index is -1.33. The van der Waals surface area contributed by atoms with E-state index in [4.69, 9.17) is 0 Å². The fraction of sp³-hybridized carbons (Fsp3) is 0.143. The summed E-state index contributed by atoms with van der Waals surface area (Å²) >= 11 is 0. The Morgan fingerprint density at radius 1 is 0.810 bits per heavy atom. The molecule has 0 aliphatic carbocycles. The molecule has 0 amide bonds. The number of aliphatic hydroxyl groups excluding tert-OH is 1. The van der Waals surface area contributed by atoms with Crippen molar-refractivity contribution in [2.45, 2.75) is 6.10 Å². The highest BCUT2D eigenvalue weighted by Gasteiger charge is 2.13. The van der Waals surface area contributed by atoms with Crippen molar-refractivity contribution in [1.82, 2.24) is 0 Å². The lowest BCUT2D eigenvalue weighted by molar-refractivity contribution is 0.191. The lowest BCUT2D eigenvalue weighted by atomic mass is 10.1. The molecule has 0 saturated carbocycles. The molecule has 0 fully saturated rings. The van der Waals surface area contributed by atoms with E-state index in [1.165, 1.54) is 0 Å². The van der Waals surface area contributed by atoms with Crippen LogP contribution in [0.4, 0.5) is 27.6 Å². The van der Waals surface area contributed by atoms with Gasteiger partial charge < -0.3 is 10.4 Å². The second kappa shape index (κ2) is 6.09. The fourth-order valence-corrected chi connectivity index (χ4v) is 1.70.